The summed E-state index contributed by atoms with van der Waals surface area (Å²) in [5.74, 6) is 0.884. The van der Waals surface area contributed by atoms with Crippen LogP contribution in [0.15, 0.2) is 24.3 Å². The molecule has 1 aromatic rings. The fourth-order valence-corrected chi connectivity index (χ4v) is 4.68. The zero-order chi connectivity index (χ0) is 22.3. The van der Waals surface area contributed by atoms with Crippen molar-refractivity contribution in [1.29, 1.82) is 0 Å². The molecule has 3 aliphatic heterocycles. The number of nitrogens with one attached hydrogen (secondary N) is 1. The monoisotopic (exact) mass is 444 g/mol. The Hall–Kier alpha value is -2.32. The molecule has 0 bridgehead atoms. The van der Waals surface area contributed by atoms with Crippen LogP contribution in [0.3, 0.4) is 0 Å². The summed E-state index contributed by atoms with van der Waals surface area (Å²) in [5, 5.41) is 3.10. The smallest absolute Gasteiger partial charge is 0.324 e. The molecule has 0 unspecified atom stereocenters. The average Bonchev–Trinajstić information content (AvgIpc) is 2.86. The number of rotatable bonds is 6. The van der Waals surface area contributed by atoms with Crippen LogP contribution >= 0.6 is 0 Å². The number of ether oxygens (including phenoxy) is 2. The Morgan fingerprint density at radius 3 is 2.59 bits per heavy atom. The Bertz CT molecular complexity index is 775. The molecule has 176 valence electrons. The quantitative estimate of drug-likeness (QED) is 0.682. The Morgan fingerprint density at radius 1 is 1.09 bits per heavy atom. The van der Waals surface area contributed by atoms with E-state index >= 15 is 0 Å². The summed E-state index contributed by atoms with van der Waals surface area (Å²) in [5.41, 5.74) is 0.835. The molecule has 1 atom stereocenters. The van der Waals surface area contributed by atoms with E-state index in [1.807, 2.05) is 34.1 Å². The highest BCUT2D eigenvalue weighted by atomic mass is 16.5. The van der Waals surface area contributed by atoms with Crippen molar-refractivity contribution in [1.82, 2.24) is 15.1 Å². The number of nitrogens with zero attached hydrogens (tertiary/aromatic N) is 3. The lowest BCUT2D eigenvalue weighted by molar-refractivity contribution is -0.126. The zero-order valence-electron chi connectivity index (χ0n) is 19.1. The number of hydrogen-bond donors (Lipinski definition) is 1. The Labute approximate surface area is 190 Å². The van der Waals surface area contributed by atoms with Gasteiger partial charge in [0.1, 0.15) is 11.9 Å². The van der Waals surface area contributed by atoms with E-state index in [2.05, 4.69) is 17.1 Å². The molecule has 8 heteroatoms. The molecule has 0 spiro atoms. The van der Waals surface area contributed by atoms with Gasteiger partial charge in [0.25, 0.3) is 0 Å². The van der Waals surface area contributed by atoms with Crippen LogP contribution in [0.1, 0.15) is 32.6 Å². The molecular weight excluding hydrogens is 408 g/mol. The number of piperidine rings is 1. The van der Waals surface area contributed by atoms with E-state index < -0.39 is 0 Å². The lowest BCUT2D eigenvalue weighted by atomic mass is 9.96. The third-order valence-electron chi connectivity index (χ3n) is 6.71. The molecule has 1 N–H and O–H groups in total. The van der Waals surface area contributed by atoms with E-state index in [9.17, 15) is 9.59 Å². The third kappa shape index (κ3) is 5.53. The van der Waals surface area contributed by atoms with Gasteiger partial charge in [0, 0.05) is 38.6 Å². The van der Waals surface area contributed by atoms with E-state index in [-0.39, 0.29) is 24.0 Å². The number of morpholine rings is 1. The van der Waals surface area contributed by atoms with Crippen LogP contribution in [0.4, 0.5) is 10.5 Å². The zero-order valence-corrected chi connectivity index (χ0v) is 19.1. The summed E-state index contributed by atoms with van der Waals surface area (Å²) < 4.78 is 11.4. The van der Waals surface area contributed by atoms with Crippen LogP contribution < -0.4 is 15.0 Å². The molecule has 0 radical (unpaired) electrons. The minimum atomic E-state index is -0.0113. The number of amides is 3. The normalized spacial score (nSPS) is 22.2. The number of carbonyl (C=O) groups is 2. The number of anilines is 1. The molecule has 2 fully saturated rings. The largest absolute Gasteiger partial charge is 0.486 e. The molecule has 4 rings (SSSR count). The summed E-state index contributed by atoms with van der Waals surface area (Å²) in [6.45, 7) is 9.14. The van der Waals surface area contributed by atoms with Gasteiger partial charge in [0.05, 0.1) is 25.4 Å². The van der Waals surface area contributed by atoms with Crippen LogP contribution in [0.2, 0.25) is 0 Å². The standard InChI is InChI=1S/C24H36N4O4/c1-2-20-18-28(21-6-3-4-7-22(21)32-20)24(30)27-12-8-19(9-13-27)23(29)25-10-5-11-26-14-16-31-17-15-26/h3-4,6-7,19-20H,2,5,8-18H2,1H3,(H,25,29)/t20-/m0/s1. The molecule has 2 saturated heterocycles. The van der Waals surface area contributed by atoms with Gasteiger partial charge in [0.15, 0.2) is 0 Å². The fraction of sp³-hybridized carbons (Fsp3) is 0.667. The van der Waals surface area contributed by atoms with Crippen molar-refractivity contribution in [2.75, 3.05) is 63.9 Å². The molecule has 8 nitrogen and oxygen atoms in total. The molecule has 1 aromatic carbocycles. The first-order chi connectivity index (χ1) is 15.7. The second-order valence-corrected chi connectivity index (χ2v) is 8.87. The highest BCUT2D eigenvalue weighted by molar-refractivity contribution is 5.94. The van der Waals surface area contributed by atoms with Gasteiger partial charge in [-0.3, -0.25) is 14.6 Å². The summed E-state index contributed by atoms with van der Waals surface area (Å²) in [7, 11) is 0. The number of urea groups is 1. The minimum absolute atomic E-state index is 0.00892. The molecule has 0 aliphatic carbocycles. The lowest BCUT2D eigenvalue weighted by Crippen LogP contribution is -2.52. The third-order valence-corrected chi connectivity index (χ3v) is 6.71. The highest BCUT2D eigenvalue weighted by Crippen LogP contribution is 2.35. The maximum Gasteiger partial charge on any atom is 0.324 e. The topological polar surface area (TPSA) is 74.4 Å². The molecule has 3 amide bonds. The second-order valence-electron chi connectivity index (χ2n) is 8.87. The molecule has 3 heterocycles. The number of carbonyl (C=O) groups excluding carboxylic acids is 2. The lowest BCUT2D eigenvalue weighted by Gasteiger charge is -2.39. The van der Waals surface area contributed by atoms with Gasteiger partial charge in [-0.15, -0.1) is 0 Å². The predicted molar refractivity (Wildman–Crippen MR) is 123 cm³/mol. The van der Waals surface area contributed by atoms with Crippen molar-refractivity contribution >= 4 is 17.6 Å². The van der Waals surface area contributed by atoms with Crippen LogP contribution in [-0.2, 0) is 9.53 Å². The number of benzene rings is 1. The van der Waals surface area contributed by atoms with Crippen molar-refractivity contribution in [2.24, 2.45) is 5.92 Å². The predicted octanol–water partition coefficient (Wildman–Crippen LogP) is 2.33. The van der Waals surface area contributed by atoms with E-state index in [1.54, 1.807) is 0 Å². The highest BCUT2D eigenvalue weighted by Gasteiger charge is 2.34. The van der Waals surface area contributed by atoms with Crippen LogP contribution in [0.5, 0.6) is 5.75 Å². The first kappa shape index (κ1) is 22.9. The Morgan fingerprint density at radius 2 is 1.84 bits per heavy atom. The van der Waals surface area contributed by atoms with E-state index in [0.717, 1.165) is 57.1 Å². The maximum absolute atomic E-state index is 13.3. The summed E-state index contributed by atoms with van der Waals surface area (Å²) >= 11 is 0. The summed E-state index contributed by atoms with van der Waals surface area (Å²) in [6.07, 6.45) is 3.24. The summed E-state index contributed by atoms with van der Waals surface area (Å²) in [6, 6.07) is 7.75. The van der Waals surface area contributed by atoms with Gasteiger partial charge in [-0.1, -0.05) is 19.1 Å². The average molecular weight is 445 g/mol. The van der Waals surface area contributed by atoms with Gasteiger partial charge in [0.2, 0.25) is 5.91 Å². The van der Waals surface area contributed by atoms with Crippen LogP contribution in [0, 0.1) is 5.92 Å². The van der Waals surface area contributed by atoms with Gasteiger partial charge < -0.3 is 19.7 Å². The maximum atomic E-state index is 13.3. The van der Waals surface area contributed by atoms with E-state index in [1.165, 1.54) is 0 Å². The van der Waals surface area contributed by atoms with Crippen LogP contribution in [-0.4, -0.2) is 86.9 Å². The number of para-hydroxylation sites is 2. The molecule has 3 aliphatic rings. The Balaban J connectivity index is 1.22. The molecule has 0 aromatic heterocycles. The van der Waals surface area contributed by atoms with E-state index in [4.69, 9.17) is 9.47 Å². The van der Waals surface area contributed by atoms with Crippen molar-refractivity contribution in [3.63, 3.8) is 0 Å². The minimum Gasteiger partial charge on any atom is -0.486 e. The number of fused-ring (bicyclic) bond motifs is 1. The van der Waals surface area contributed by atoms with Crippen molar-refractivity contribution in [2.45, 2.75) is 38.7 Å². The summed E-state index contributed by atoms with van der Waals surface area (Å²) in [4.78, 5) is 32.0. The van der Waals surface area contributed by atoms with Crippen molar-refractivity contribution < 1.29 is 19.1 Å². The van der Waals surface area contributed by atoms with Gasteiger partial charge in [-0.25, -0.2) is 4.79 Å². The number of likely N-dealkylation sites (tertiary alicyclic amines) is 1. The van der Waals surface area contributed by atoms with Gasteiger partial charge in [-0.05, 0) is 44.4 Å². The van der Waals surface area contributed by atoms with Crippen molar-refractivity contribution in [3.8, 4) is 5.75 Å². The van der Waals surface area contributed by atoms with Crippen molar-refractivity contribution in [3.05, 3.63) is 24.3 Å². The van der Waals surface area contributed by atoms with Crippen LogP contribution in [0.25, 0.3) is 0 Å². The molecular formula is C24H36N4O4. The second kappa shape index (κ2) is 11.0. The Kier molecular flexibility index (Phi) is 7.86. The first-order valence-corrected chi connectivity index (χ1v) is 12.1. The first-order valence-electron chi connectivity index (χ1n) is 12.1. The van der Waals surface area contributed by atoms with E-state index in [0.29, 0.717) is 39.0 Å². The molecule has 0 saturated carbocycles. The molecule has 32 heavy (non-hydrogen) atoms. The van der Waals surface area contributed by atoms with Gasteiger partial charge >= 0.3 is 6.03 Å². The SMILES string of the molecule is CC[C@H]1CN(C(=O)N2CCC(C(=O)NCCCN3CCOCC3)CC2)c2ccccc2O1. The number of hydrogen-bond acceptors (Lipinski definition) is 5. The van der Waals surface area contributed by atoms with Gasteiger partial charge in [-0.2, -0.15) is 0 Å². The fourth-order valence-electron chi connectivity index (χ4n) is 4.68.